The highest BCUT2D eigenvalue weighted by molar-refractivity contribution is 5.93. The van der Waals surface area contributed by atoms with Gasteiger partial charge in [0.15, 0.2) is 5.60 Å². The number of ether oxygens (including phenoxy) is 2. The van der Waals surface area contributed by atoms with Crippen LogP contribution in [0.1, 0.15) is 84.9 Å². The molecule has 0 fully saturated rings. The fraction of sp³-hybridized carbons (Fsp3) is 0.606. The van der Waals surface area contributed by atoms with Crippen LogP contribution >= 0.6 is 0 Å². The van der Waals surface area contributed by atoms with Crippen molar-refractivity contribution >= 4 is 17.7 Å². The van der Waals surface area contributed by atoms with Crippen LogP contribution < -0.4 is 15.8 Å². The Kier molecular flexibility index (Phi) is 15.4. The van der Waals surface area contributed by atoms with E-state index in [4.69, 9.17) is 20.2 Å². The molecular weight excluding hydrogens is 516 g/mol. The molecular formula is C33H54N4O4. The number of primary amides is 1. The Bertz CT molecular complexity index is 1070. The van der Waals surface area contributed by atoms with E-state index < -0.39 is 11.5 Å². The summed E-state index contributed by atoms with van der Waals surface area (Å²) in [4.78, 5) is 31.6. The van der Waals surface area contributed by atoms with E-state index >= 15 is 0 Å². The van der Waals surface area contributed by atoms with E-state index in [9.17, 15) is 9.59 Å². The number of hydrogen-bond acceptors (Lipinski definition) is 6. The average molecular weight is 571 g/mol. The van der Waals surface area contributed by atoms with Crippen LogP contribution in [-0.2, 0) is 20.9 Å². The quantitative estimate of drug-likeness (QED) is 0.143. The van der Waals surface area contributed by atoms with E-state index in [0.717, 1.165) is 35.1 Å². The Balaban J connectivity index is 3.20. The smallest absolute Gasteiger partial charge is 0.261 e. The van der Waals surface area contributed by atoms with Crippen LogP contribution in [0.3, 0.4) is 0 Å². The molecule has 8 heteroatoms. The number of aryl methyl sites for hydroxylation is 2. The van der Waals surface area contributed by atoms with Crippen molar-refractivity contribution in [2.45, 2.75) is 100 Å². The first-order valence-electron chi connectivity index (χ1n) is 14.8. The second kappa shape index (κ2) is 17.6. The maximum atomic E-state index is 12.9. The lowest BCUT2D eigenvalue weighted by molar-refractivity contribution is -0.130. The summed E-state index contributed by atoms with van der Waals surface area (Å²) in [5.41, 5.74) is 8.21. The fourth-order valence-electron chi connectivity index (χ4n) is 3.95. The molecule has 230 valence electrons. The van der Waals surface area contributed by atoms with Gasteiger partial charge in [0, 0.05) is 25.2 Å². The molecule has 1 aromatic carbocycles. The van der Waals surface area contributed by atoms with Crippen LogP contribution in [0.25, 0.3) is 0 Å². The molecule has 0 radical (unpaired) electrons. The lowest BCUT2D eigenvalue weighted by Crippen LogP contribution is -2.43. The van der Waals surface area contributed by atoms with Gasteiger partial charge in [0.2, 0.25) is 11.8 Å². The largest absolute Gasteiger partial charge is 0.477 e. The van der Waals surface area contributed by atoms with Gasteiger partial charge in [-0.3, -0.25) is 19.5 Å². The standard InChI is InChI=1S/C33H54N4O4/c1-11-13-14-15-25(6)31(40-23(3)4)35-16-17-37(22-29(38)36-20-24(5)12-2)21-28-18-26(7)30(27(8)19-28)41-33(9,10)32(34)39/h13-15,18-19,23-24H,11-12,16-17,20-22H2,1-10H3,(H2,34,39)(H,36,38)/b14-13-,25-15+,35-31?. The Morgan fingerprint density at radius 3 is 2.32 bits per heavy atom. The highest BCUT2D eigenvalue weighted by Crippen LogP contribution is 2.29. The van der Waals surface area contributed by atoms with Crippen molar-refractivity contribution < 1.29 is 19.1 Å². The number of hydrogen-bond donors (Lipinski definition) is 2. The maximum absolute atomic E-state index is 12.9. The first kappa shape index (κ1) is 35.9. The molecule has 0 aliphatic heterocycles. The Morgan fingerprint density at radius 1 is 1.15 bits per heavy atom. The molecule has 0 aliphatic carbocycles. The van der Waals surface area contributed by atoms with Crippen molar-refractivity contribution in [3.8, 4) is 5.75 Å². The number of carbonyl (C=O) groups excluding carboxylic acids is 2. The van der Waals surface area contributed by atoms with Crippen LogP contribution in [0, 0.1) is 19.8 Å². The van der Waals surface area contributed by atoms with Crippen molar-refractivity contribution in [2.24, 2.45) is 16.6 Å². The van der Waals surface area contributed by atoms with Crippen LogP contribution in [0.15, 0.2) is 40.9 Å². The molecule has 0 heterocycles. The maximum Gasteiger partial charge on any atom is 0.261 e. The summed E-state index contributed by atoms with van der Waals surface area (Å²) in [5, 5.41) is 3.07. The van der Waals surface area contributed by atoms with Crippen molar-refractivity contribution in [1.82, 2.24) is 10.2 Å². The van der Waals surface area contributed by atoms with Gasteiger partial charge in [0.1, 0.15) is 5.75 Å². The number of nitrogens with one attached hydrogen (secondary N) is 1. The molecule has 0 saturated heterocycles. The second-order valence-electron chi connectivity index (χ2n) is 11.6. The Hall–Kier alpha value is -3.13. The highest BCUT2D eigenvalue weighted by atomic mass is 16.5. The molecule has 0 saturated carbocycles. The fourth-order valence-corrected chi connectivity index (χ4v) is 3.95. The minimum Gasteiger partial charge on any atom is -0.477 e. The van der Waals surface area contributed by atoms with Gasteiger partial charge in [-0.15, -0.1) is 0 Å². The van der Waals surface area contributed by atoms with Gasteiger partial charge in [-0.1, -0.05) is 57.6 Å². The molecule has 1 aromatic rings. The summed E-state index contributed by atoms with van der Waals surface area (Å²) in [6, 6.07) is 4.07. The summed E-state index contributed by atoms with van der Waals surface area (Å²) in [5.74, 6) is 1.15. The van der Waals surface area contributed by atoms with Gasteiger partial charge in [-0.25, -0.2) is 0 Å². The van der Waals surface area contributed by atoms with E-state index in [1.807, 2.05) is 58.9 Å². The second-order valence-corrected chi connectivity index (χ2v) is 11.6. The number of amides is 2. The van der Waals surface area contributed by atoms with Gasteiger partial charge in [0.25, 0.3) is 5.91 Å². The summed E-state index contributed by atoms with van der Waals surface area (Å²) < 4.78 is 12.0. The Morgan fingerprint density at radius 2 is 1.78 bits per heavy atom. The zero-order valence-corrected chi connectivity index (χ0v) is 27.1. The van der Waals surface area contributed by atoms with E-state index in [1.54, 1.807) is 13.8 Å². The van der Waals surface area contributed by atoms with Crippen LogP contribution in [0.2, 0.25) is 0 Å². The Labute approximate surface area is 248 Å². The molecule has 1 unspecified atom stereocenters. The van der Waals surface area contributed by atoms with E-state index in [0.29, 0.717) is 43.7 Å². The molecule has 2 amide bonds. The monoisotopic (exact) mass is 570 g/mol. The zero-order valence-electron chi connectivity index (χ0n) is 27.1. The first-order chi connectivity index (χ1) is 19.2. The molecule has 1 atom stereocenters. The van der Waals surface area contributed by atoms with Gasteiger partial charge in [-0.2, -0.15) is 0 Å². The summed E-state index contributed by atoms with van der Waals surface area (Å²) in [6.45, 7) is 22.1. The molecule has 0 spiro atoms. The van der Waals surface area contributed by atoms with Crippen LogP contribution in [0.4, 0.5) is 0 Å². The number of rotatable bonds is 17. The number of nitrogens with zero attached hydrogens (tertiary/aromatic N) is 2. The molecule has 41 heavy (non-hydrogen) atoms. The van der Waals surface area contributed by atoms with E-state index in [1.165, 1.54) is 0 Å². The van der Waals surface area contributed by atoms with E-state index in [2.05, 4.69) is 37.1 Å². The van der Waals surface area contributed by atoms with Crippen LogP contribution in [0.5, 0.6) is 5.75 Å². The van der Waals surface area contributed by atoms with Crippen molar-refractivity contribution in [1.29, 1.82) is 0 Å². The number of allylic oxidation sites excluding steroid dienone is 3. The molecule has 0 aromatic heterocycles. The predicted molar refractivity (Wildman–Crippen MR) is 169 cm³/mol. The molecule has 1 rings (SSSR count). The predicted octanol–water partition coefficient (Wildman–Crippen LogP) is 5.65. The van der Waals surface area contributed by atoms with Crippen molar-refractivity contribution in [3.05, 3.63) is 52.6 Å². The van der Waals surface area contributed by atoms with Crippen molar-refractivity contribution in [3.63, 3.8) is 0 Å². The van der Waals surface area contributed by atoms with Gasteiger partial charge < -0.3 is 20.5 Å². The van der Waals surface area contributed by atoms with Crippen LogP contribution in [-0.4, -0.2) is 60.5 Å². The topological polar surface area (TPSA) is 106 Å². The van der Waals surface area contributed by atoms with E-state index in [-0.39, 0.29) is 18.6 Å². The third kappa shape index (κ3) is 13.4. The summed E-state index contributed by atoms with van der Waals surface area (Å²) in [6.07, 6.45) is 8.10. The average Bonchev–Trinajstić information content (AvgIpc) is 2.88. The highest BCUT2D eigenvalue weighted by Gasteiger charge is 2.28. The minimum absolute atomic E-state index is 0.000849. The number of nitrogens with two attached hydrogens (primary N) is 1. The lowest BCUT2D eigenvalue weighted by Gasteiger charge is -2.26. The molecule has 0 bridgehead atoms. The zero-order chi connectivity index (χ0) is 31.2. The number of aliphatic imine (C=N–C) groups is 1. The SMILES string of the molecule is CC/C=C\C=C(/C)C(=NCCN(CC(=O)NCC(C)CC)Cc1cc(C)c(OC(C)(C)C(N)=O)c(C)c1)OC(C)C. The third-order valence-corrected chi connectivity index (χ3v) is 6.66. The first-order valence-corrected chi connectivity index (χ1v) is 14.8. The van der Waals surface area contributed by atoms with Gasteiger partial charge >= 0.3 is 0 Å². The molecule has 3 N–H and O–H groups in total. The number of benzene rings is 1. The summed E-state index contributed by atoms with van der Waals surface area (Å²) >= 11 is 0. The summed E-state index contributed by atoms with van der Waals surface area (Å²) in [7, 11) is 0. The number of carbonyl (C=O) groups is 2. The lowest BCUT2D eigenvalue weighted by atomic mass is 10.0. The van der Waals surface area contributed by atoms with Gasteiger partial charge in [-0.05, 0) is 77.5 Å². The molecule has 0 aliphatic rings. The normalized spacial score (nSPS) is 13.7. The van der Waals surface area contributed by atoms with Crippen molar-refractivity contribution in [2.75, 3.05) is 26.2 Å². The van der Waals surface area contributed by atoms with Gasteiger partial charge in [0.05, 0.1) is 19.2 Å². The minimum atomic E-state index is -1.12. The molecule has 8 nitrogen and oxygen atoms in total. The third-order valence-electron chi connectivity index (χ3n) is 6.66.